The van der Waals surface area contributed by atoms with Crippen LogP contribution in [0.4, 0.5) is 0 Å². The summed E-state index contributed by atoms with van der Waals surface area (Å²) in [6, 6.07) is 7.77. The molecule has 3 nitrogen and oxygen atoms in total. The van der Waals surface area contributed by atoms with Gasteiger partial charge in [0.05, 0.1) is 13.0 Å². The highest BCUT2D eigenvalue weighted by Crippen LogP contribution is 2.29. The number of hydrogen-bond acceptors (Lipinski definition) is 2. The molecule has 0 saturated carbocycles. The Morgan fingerprint density at radius 2 is 2.06 bits per heavy atom. The molecular weight excluding hydrogens is 250 g/mol. The number of ether oxygens (including phenoxy) is 1. The number of hydrogen-bond donors (Lipinski definition) is 0. The van der Waals surface area contributed by atoms with Crippen LogP contribution in [0.1, 0.15) is 19.9 Å². The van der Waals surface area contributed by atoms with Gasteiger partial charge in [-0.3, -0.25) is 4.79 Å². The van der Waals surface area contributed by atoms with Gasteiger partial charge in [0.1, 0.15) is 0 Å². The van der Waals surface area contributed by atoms with Crippen LogP contribution in [0.15, 0.2) is 30.5 Å². The Labute approximate surface area is 111 Å². The van der Waals surface area contributed by atoms with E-state index in [1.54, 1.807) is 0 Å². The van der Waals surface area contributed by atoms with Crippen molar-refractivity contribution in [3.8, 4) is 0 Å². The van der Waals surface area contributed by atoms with Crippen LogP contribution in [0.25, 0.3) is 10.9 Å². The molecular formula is C14H16ClNO2. The molecule has 96 valence electrons. The zero-order chi connectivity index (χ0) is 13.3. The number of fused-ring (bicyclic) bond motifs is 1. The molecule has 0 aliphatic heterocycles. The number of esters is 1. The molecule has 2 rings (SSSR count). The van der Waals surface area contributed by atoms with Gasteiger partial charge in [-0.1, -0.05) is 17.7 Å². The van der Waals surface area contributed by atoms with Crippen LogP contribution in [0, 0.1) is 5.92 Å². The van der Waals surface area contributed by atoms with Crippen molar-refractivity contribution in [3.05, 3.63) is 35.5 Å². The minimum atomic E-state index is -0.204. The number of nitrogens with zero attached hydrogens (tertiary/aromatic N) is 1. The fourth-order valence-corrected chi connectivity index (χ4v) is 2.36. The highest BCUT2D eigenvalue weighted by molar-refractivity contribution is 6.35. The Morgan fingerprint density at radius 3 is 2.72 bits per heavy atom. The van der Waals surface area contributed by atoms with Crippen molar-refractivity contribution in [1.82, 2.24) is 4.57 Å². The number of halogens is 1. The van der Waals surface area contributed by atoms with Crippen LogP contribution in [0.3, 0.4) is 0 Å². The highest BCUT2D eigenvalue weighted by Gasteiger charge is 2.23. The highest BCUT2D eigenvalue weighted by atomic mass is 35.5. The van der Waals surface area contributed by atoms with Gasteiger partial charge in [-0.15, -0.1) is 0 Å². The van der Waals surface area contributed by atoms with Crippen LogP contribution in [-0.2, 0) is 9.53 Å². The summed E-state index contributed by atoms with van der Waals surface area (Å²) in [4.78, 5) is 11.6. The molecule has 18 heavy (non-hydrogen) atoms. The van der Waals surface area contributed by atoms with Crippen LogP contribution in [-0.4, -0.2) is 17.6 Å². The first-order valence-electron chi connectivity index (χ1n) is 5.89. The molecule has 0 spiro atoms. The maximum atomic E-state index is 11.6. The molecule has 0 bridgehead atoms. The molecule has 2 aromatic rings. The van der Waals surface area contributed by atoms with Crippen molar-refractivity contribution in [3.63, 3.8) is 0 Å². The monoisotopic (exact) mass is 265 g/mol. The average molecular weight is 266 g/mol. The third-order valence-electron chi connectivity index (χ3n) is 3.45. The number of benzene rings is 1. The second-order valence-corrected chi connectivity index (χ2v) is 4.86. The second-order valence-electron chi connectivity index (χ2n) is 4.45. The Kier molecular flexibility index (Phi) is 3.62. The second kappa shape index (κ2) is 5.02. The molecule has 2 atom stereocenters. The molecule has 1 aromatic heterocycles. The van der Waals surface area contributed by atoms with E-state index in [-0.39, 0.29) is 17.9 Å². The van der Waals surface area contributed by atoms with Gasteiger partial charge in [-0.25, -0.2) is 0 Å². The number of carbonyl (C=O) groups excluding carboxylic acids is 1. The molecule has 0 amide bonds. The molecule has 1 heterocycles. The minimum absolute atomic E-state index is 0.0217. The first-order chi connectivity index (χ1) is 8.56. The van der Waals surface area contributed by atoms with Crippen LogP contribution in [0.2, 0.25) is 5.02 Å². The summed E-state index contributed by atoms with van der Waals surface area (Å²) in [5.74, 6) is -0.407. The molecule has 0 aliphatic rings. The van der Waals surface area contributed by atoms with E-state index in [2.05, 4.69) is 4.57 Å². The SMILES string of the molecule is COC(=O)C(C)C(C)n1ccc2c(Cl)cccc21. The number of rotatable bonds is 3. The first-order valence-corrected chi connectivity index (χ1v) is 6.27. The van der Waals surface area contributed by atoms with Crippen LogP contribution in [0.5, 0.6) is 0 Å². The fraction of sp³-hybridized carbons (Fsp3) is 0.357. The fourth-order valence-electron chi connectivity index (χ4n) is 2.13. The van der Waals surface area contributed by atoms with Crippen LogP contribution < -0.4 is 0 Å². The lowest BCUT2D eigenvalue weighted by Crippen LogP contribution is -2.22. The van der Waals surface area contributed by atoms with Crippen molar-refractivity contribution in [2.75, 3.05) is 7.11 Å². The summed E-state index contributed by atoms with van der Waals surface area (Å²) >= 11 is 6.14. The lowest BCUT2D eigenvalue weighted by Gasteiger charge is -2.20. The Balaban J connectivity index is 2.42. The predicted molar refractivity (Wildman–Crippen MR) is 72.8 cm³/mol. The van der Waals surface area contributed by atoms with Gasteiger partial charge >= 0.3 is 5.97 Å². The third-order valence-corrected chi connectivity index (χ3v) is 3.77. The van der Waals surface area contributed by atoms with Gasteiger partial charge in [0.15, 0.2) is 0 Å². The molecule has 1 aromatic carbocycles. The maximum absolute atomic E-state index is 11.6. The van der Waals surface area contributed by atoms with Crippen molar-refractivity contribution < 1.29 is 9.53 Å². The molecule has 4 heteroatoms. The summed E-state index contributed by atoms with van der Waals surface area (Å²) in [6.07, 6.45) is 1.96. The van der Waals surface area contributed by atoms with E-state index in [1.165, 1.54) is 7.11 Å². The van der Waals surface area contributed by atoms with E-state index in [0.29, 0.717) is 0 Å². The maximum Gasteiger partial charge on any atom is 0.310 e. The van der Waals surface area contributed by atoms with Gasteiger partial charge < -0.3 is 9.30 Å². The molecule has 2 unspecified atom stereocenters. The standard InChI is InChI=1S/C14H16ClNO2/c1-9(14(17)18-3)10(2)16-8-7-11-12(15)5-4-6-13(11)16/h4-10H,1-3H3. The van der Waals surface area contributed by atoms with E-state index in [9.17, 15) is 4.79 Å². The van der Waals surface area contributed by atoms with Gasteiger partial charge in [-0.05, 0) is 32.0 Å². The minimum Gasteiger partial charge on any atom is -0.469 e. The van der Waals surface area contributed by atoms with Gasteiger partial charge in [-0.2, -0.15) is 0 Å². The summed E-state index contributed by atoms with van der Waals surface area (Å²) < 4.78 is 6.85. The van der Waals surface area contributed by atoms with Crippen LogP contribution >= 0.6 is 11.6 Å². The summed E-state index contributed by atoms with van der Waals surface area (Å²) in [5.41, 5.74) is 1.03. The lowest BCUT2D eigenvalue weighted by atomic mass is 10.0. The van der Waals surface area contributed by atoms with Crippen molar-refractivity contribution >= 4 is 28.5 Å². The zero-order valence-corrected chi connectivity index (χ0v) is 11.4. The van der Waals surface area contributed by atoms with Gasteiger partial charge in [0, 0.05) is 28.2 Å². The number of carbonyl (C=O) groups is 1. The molecule has 0 radical (unpaired) electrons. The van der Waals surface area contributed by atoms with Gasteiger partial charge in [0.2, 0.25) is 0 Å². The molecule has 0 N–H and O–H groups in total. The quantitative estimate of drug-likeness (QED) is 0.793. The Morgan fingerprint density at radius 1 is 1.33 bits per heavy atom. The summed E-state index contributed by atoms with van der Waals surface area (Å²) in [6.45, 7) is 3.87. The normalized spacial score (nSPS) is 14.4. The topological polar surface area (TPSA) is 31.2 Å². The van der Waals surface area contributed by atoms with Crippen molar-refractivity contribution in [2.24, 2.45) is 5.92 Å². The smallest absolute Gasteiger partial charge is 0.310 e. The van der Waals surface area contributed by atoms with Crippen molar-refractivity contribution in [1.29, 1.82) is 0 Å². The average Bonchev–Trinajstić information content (AvgIpc) is 2.81. The number of aromatic nitrogens is 1. The van der Waals surface area contributed by atoms with E-state index >= 15 is 0 Å². The van der Waals surface area contributed by atoms with E-state index in [0.717, 1.165) is 15.9 Å². The molecule has 0 fully saturated rings. The largest absolute Gasteiger partial charge is 0.469 e. The van der Waals surface area contributed by atoms with E-state index in [1.807, 2.05) is 44.3 Å². The molecule has 0 aliphatic carbocycles. The van der Waals surface area contributed by atoms with Crippen molar-refractivity contribution in [2.45, 2.75) is 19.9 Å². The van der Waals surface area contributed by atoms with E-state index in [4.69, 9.17) is 16.3 Å². The van der Waals surface area contributed by atoms with E-state index < -0.39 is 0 Å². The Bertz CT molecular complexity index is 576. The summed E-state index contributed by atoms with van der Waals surface area (Å²) in [5, 5.41) is 1.73. The number of methoxy groups -OCH3 is 1. The third kappa shape index (κ3) is 2.10. The predicted octanol–water partition coefficient (Wildman–Crippen LogP) is 3.66. The lowest BCUT2D eigenvalue weighted by molar-refractivity contribution is -0.146. The zero-order valence-electron chi connectivity index (χ0n) is 10.7. The first kappa shape index (κ1) is 13.0. The summed E-state index contributed by atoms with van der Waals surface area (Å²) in [7, 11) is 1.41. The van der Waals surface area contributed by atoms with Gasteiger partial charge in [0.25, 0.3) is 0 Å². The molecule has 0 saturated heterocycles. The Hall–Kier alpha value is -1.48.